The summed E-state index contributed by atoms with van der Waals surface area (Å²) < 4.78 is 0. The molecule has 0 spiro atoms. The molecule has 0 aliphatic carbocycles. The van der Waals surface area contributed by atoms with Crippen LogP contribution >= 0.6 is 0 Å². The first-order valence-electron chi connectivity index (χ1n) is 6.17. The fraction of sp³-hybridized carbons (Fsp3) is 0.357. The van der Waals surface area contributed by atoms with Crippen molar-refractivity contribution < 1.29 is 4.79 Å². The van der Waals surface area contributed by atoms with E-state index in [1.54, 1.807) is 6.20 Å². The van der Waals surface area contributed by atoms with Gasteiger partial charge < -0.3 is 10.6 Å². The van der Waals surface area contributed by atoms with Crippen molar-refractivity contribution in [2.24, 2.45) is 0 Å². The van der Waals surface area contributed by atoms with Gasteiger partial charge in [-0.15, -0.1) is 0 Å². The summed E-state index contributed by atoms with van der Waals surface area (Å²) in [6, 6.07) is 5.61. The lowest BCUT2D eigenvalue weighted by atomic mass is 10.2. The van der Waals surface area contributed by atoms with Crippen LogP contribution in [0.5, 0.6) is 0 Å². The maximum Gasteiger partial charge on any atom is 0.263 e. The predicted octanol–water partition coefficient (Wildman–Crippen LogP) is 2.12. The van der Waals surface area contributed by atoms with Gasteiger partial charge in [0.2, 0.25) is 0 Å². The molecular weight excluding hydrogens is 240 g/mol. The van der Waals surface area contributed by atoms with Crippen molar-refractivity contribution in [2.75, 3.05) is 5.32 Å². The maximum atomic E-state index is 11.8. The van der Waals surface area contributed by atoms with Gasteiger partial charge in [0, 0.05) is 17.9 Å². The average molecular weight is 258 g/mol. The van der Waals surface area contributed by atoms with Crippen molar-refractivity contribution in [3.05, 3.63) is 35.8 Å². The third kappa shape index (κ3) is 4.80. The van der Waals surface area contributed by atoms with Crippen molar-refractivity contribution >= 4 is 11.6 Å². The van der Waals surface area contributed by atoms with E-state index in [4.69, 9.17) is 5.26 Å². The number of aryl methyl sites for hydroxylation is 1. The number of carbonyl (C=O) groups is 1. The van der Waals surface area contributed by atoms with Gasteiger partial charge in [-0.2, -0.15) is 5.26 Å². The SMILES string of the molecule is CCC(C)NC(=O)/C(C#N)=C\Nc1ccc(C)nc1. The van der Waals surface area contributed by atoms with Crippen LogP contribution in [-0.2, 0) is 4.79 Å². The third-order valence-electron chi connectivity index (χ3n) is 2.65. The summed E-state index contributed by atoms with van der Waals surface area (Å²) in [5.74, 6) is -0.371. The summed E-state index contributed by atoms with van der Waals surface area (Å²) in [7, 11) is 0. The molecule has 5 heteroatoms. The largest absolute Gasteiger partial charge is 0.359 e. The van der Waals surface area contributed by atoms with Gasteiger partial charge in [-0.05, 0) is 32.4 Å². The van der Waals surface area contributed by atoms with E-state index in [2.05, 4.69) is 15.6 Å². The number of amides is 1. The quantitative estimate of drug-likeness (QED) is 0.626. The number of pyridine rings is 1. The first-order valence-corrected chi connectivity index (χ1v) is 6.17. The Kier molecular flexibility index (Phi) is 5.55. The minimum atomic E-state index is -0.371. The van der Waals surface area contributed by atoms with Crippen molar-refractivity contribution in [3.8, 4) is 6.07 Å². The molecule has 1 atom stereocenters. The minimum absolute atomic E-state index is 0.0425. The Morgan fingerprint density at radius 3 is 2.84 bits per heavy atom. The first kappa shape index (κ1) is 14.7. The molecule has 1 heterocycles. The Hall–Kier alpha value is -2.35. The lowest BCUT2D eigenvalue weighted by molar-refractivity contribution is -0.117. The smallest absolute Gasteiger partial charge is 0.263 e. The van der Waals surface area contributed by atoms with E-state index in [0.29, 0.717) is 0 Å². The zero-order valence-electron chi connectivity index (χ0n) is 11.4. The lowest BCUT2D eigenvalue weighted by Crippen LogP contribution is -2.33. The van der Waals surface area contributed by atoms with Gasteiger partial charge in [-0.1, -0.05) is 6.92 Å². The second kappa shape index (κ2) is 7.17. The zero-order chi connectivity index (χ0) is 14.3. The van der Waals surface area contributed by atoms with E-state index >= 15 is 0 Å². The summed E-state index contributed by atoms with van der Waals surface area (Å²) in [5, 5.41) is 14.6. The van der Waals surface area contributed by atoms with Gasteiger partial charge in [0.05, 0.1) is 11.9 Å². The number of rotatable bonds is 5. The highest BCUT2D eigenvalue weighted by atomic mass is 16.1. The highest BCUT2D eigenvalue weighted by Crippen LogP contribution is 2.06. The topological polar surface area (TPSA) is 77.8 Å². The molecule has 1 amide bonds. The Morgan fingerprint density at radius 2 is 2.32 bits per heavy atom. The van der Waals surface area contributed by atoms with Gasteiger partial charge in [0.25, 0.3) is 5.91 Å². The number of nitrogens with one attached hydrogen (secondary N) is 2. The number of anilines is 1. The van der Waals surface area contributed by atoms with E-state index in [9.17, 15) is 4.79 Å². The number of nitrogens with zero attached hydrogens (tertiary/aromatic N) is 2. The zero-order valence-corrected chi connectivity index (χ0v) is 11.4. The molecule has 0 bridgehead atoms. The van der Waals surface area contributed by atoms with E-state index < -0.39 is 0 Å². The van der Waals surface area contributed by atoms with Crippen LogP contribution in [0.25, 0.3) is 0 Å². The number of aromatic nitrogens is 1. The molecule has 1 aromatic heterocycles. The van der Waals surface area contributed by atoms with Crippen molar-refractivity contribution in [3.63, 3.8) is 0 Å². The summed E-state index contributed by atoms with van der Waals surface area (Å²) >= 11 is 0. The van der Waals surface area contributed by atoms with Crippen molar-refractivity contribution in [1.82, 2.24) is 10.3 Å². The molecule has 2 N–H and O–H groups in total. The van der Waals surface area contributed by atoms with Gasteiger partial charge in [-0.3, -0.25) is 9.78 Å². The second-order valence-corrected chi connectivity index (χ2v) is 4.29. The summed E-state index contributed by atoms with van der Waals surface area (Å²) in [4.78, 5) is 15.9. The Morgan fingerprint density at radius 1 is 1.58 bits per heavy atom. The second-order valence-electron chi connectivity index (χ2n) is 4.29. The molecule has 5 nitrogen and oxygen atoms in total. The number of hydrogen-bond acceptors (Lipinski definition) is 4. The van der Waals surface area contributed by atoms with Crippen molar-refractivity contribution in [1.29, 1.82) is 5.26 Å². The number of nitriles is 1. The van der Waals surface area contributed by atoms with Gasteiger partial charge >= 0.3 is 0 Å². The first-order chi connectivity index (χ1) is 9.06. The van der Waals surface area contributed by atoms with Gasteiger partial charge in [0.15, 0.2) is 0 Å². The van der Waals surface area contributed by atoms with E-state index in [-0.39, 0.29) is 17.5 Å². The Labute approximate surface area is 113 Å². The molecule has 0 aliphatic rings. The van der Waals surface area contributed by atoms with Crippen LogP contribution in [-0.4, -0.2) is 16.9 Å². The lowest BCUT2D eigenvalue weighted by Gasteiger charge is -2.10. The molecule has 0 aliphatic heterocycles. The fourth-order valence-corrected chi connectivity index (χ4v) is 1.26. The van der Waals surface area contributed by atoms with Crippen LogP contribution in [0.4, 0.5) is 5.69 Å². The predicted molar refractivity (Wildman–Crippen MR) is 74.2 cm³/mol. The molecule has 100 valence electrons. The molecule has 19 heavy (non-hydrogen) atoms. The number of carbonyl (C=O) groups excluding carboxylic acids is 1. The standard InChI is InChI=1S/C14H18N4O/c1-4-10(2)18-14(19)12(7-15)8-17-13-6-5-11(3)16-9-13/h5-6,8-10,17H,4H2,1-3H3,(H,18,19)/b12-8-. The summed E-state index contributed by atoms with van der Waals surface area (Å²) in [6.07, 6.45) is 3.86. The Bertz CT molecular complexity index is 499. The molecule has 0 aromatic carbocycles. The number of hydrogen-bond donors (Lipinski definition) is 2. The minimum Gasteiger partial charge on any atom is -0.359 e. The summed E-state index contributed by atoms with van der Waals surface area (Å²) in [5.41, 5.74) is 1.68. The van der Waals surface area contributed by atoms with Crippen molar-refractivity contribution in [2.45, 2.75) is 33.2 Å². The van der Waals surface area contributed by atoms with Crippen LogP contribution in [0.15, 0.2) is 30.1 Å². The molecule has 1 unspecified atom stereocenters. The van der Waals surface area contributed by atoms with Gasteiger partial charge in [0.1, 0.15) is 11.6 Å². The fourth-order valence-electron chi connectivity index (χ4n) is 1.26. The molecular formula is C14H18N4O. The van der Waals surface area contributed by atoms with Crippen LogP contribution < -0.4 is 10.6 Å². The van der Waals surface area contributed by atoms with E-state index in [0.717, 1.165) is 17.8 Å². The molecule has 1 rings (SSSR count). The maximum absolute atomic E-state index is 11.8. The Balaban J connectivity index is 2.69. The van der Waals surface area contributed by atoms with Crippen LogP contribution in [0, 0.1) is 18.3 Å². The van der Waals surface area contributed by atoms with E-state index in [1.165, 1.54) is 6.20 Å². The monoisotopic (exact) mass is 258 g/mol. The molecule has 0 fully saturated rings. The highest BCUT2D eigenvalue weighted by molar-refractivity contribution is 5.97. The van der Waals surface area contributed by atoms with Crippen LogP contribution in [0.1, 0.15) is 26.0 Å². The third-order valence-corrected chi connectivity index (χ3v) is 2.65. The van der Waals surface area contributed by atoms with Gasteiger partial charge in [-0.25, -0.2) is 0 Å². The summed E-state index contributed by atoms with van der Waals surface area (Å²) in [6.45, 7) is 5.75. The molecule has 0 saturated carbocycles. The van der Waals surface area contributed by atoms with E-state index in [1.807, 2.05) is 39.0 Å². The highest BCUT2D eigenvalue weighted by Gasteiger charge is 2.10. The van der Waals surface area contributed by atoms with Crippen LogP contribution in [0.3, 0.4) is 0 Å². The van der Waals surface area contributed by atoms with Crippen LogP contribution in [0.2, 0.25) is 0 Å². The molecule has 0 radical (unpaired) electrons. The normalized spacial score (nSPS) is 12.4. The molecule has 1 aromatic rings. The molecule has 0 saturated heterocycles. The average Bonchev–Trinajstić information content (AvgIpc) is 2.41.